The minimum absolute atomic E-state index is 0.113. The summed E-state index contributed by atoms with van der Waals surface area (Å²) in [7, 11) is 3.48. The molecule has 1 N–H and O–H groups in total. The Hall–Kier alpha value is -1.39. The summed E-state index contributed by atoms with van der Waals surface area (Å²) >= 11 is 0. The van der Waals surface area contributed by atoms with E-state index in [9.17, 15) is 4.79 Å². The summed E-state index contributed by atoms with van der Waals surface area (Å²) in [5, 5.41) is 3.05. The summed E-state index contributed by atoms with van der Waals surface area (Å²) in [6.45, 7) is 2.44. The summed E-state index contributed by atoms with van der Waals surface area (Å²) in [4.78, 5) is 13.5. The maximum Gasteiger partial charge on any atom is 0.236 e. The van der Waals surface area contributed by atoms with E-state index in [1.807, 2.05) is 25.2 Å². The number of rotatable bonds is 8. The van der Waals surface area contributed by atoms with E-state index in [0.29, 0.717) is 19.7 Å². The fraction of sp³-hybridized carbons (Fsp3) is 0.500. The van der Waals surface area contributed by atoms with E-state index in [-0.39, 0.29) is 5.91 Å². The first-order chi connectivity index (χ1) is 8.74. The van der Waals surface area contributed by atoms with Crippen LogP contribution in [-0.4, -0.2) is 51.2 Å². The molecule has 0 fully saturated rings. The first-order valence-electron chi connectivity index (χ1n) is 6.21. The highest BCUT2D eigenvalue weighted by atomic mass is 16.5. The smallest absolute Gasteiger partial charge is 0.236 e. The van der Waals surface area contributed by atoms with Crippen LogP contribution in [0.3, 0.4) is 0 Å². The van der Waals surface area contributed by atoms with Gasteiger partial charge >= 0.3 is 0 Å². The third-order valence-electron chi connectivity index (χ3n) is 2.76. The number of carbonyl (C=O) groups is 1. The molecule has 0 spiro atoms. The molecule has 1 aromatic carbocycles. The normalized spacial score (nSPS) is 10.3. The molecule has 1 amide bonds. The van der Waals surface area contributed by atoms with E-state index in [1.54, 1.807) is 12.0 Å². The minimum atomic E-state index is 0.113. The zero-order chi connectivity index (χ0) is 13.2. The second-order valence-electron chi connectivity index (χ2n) is 4.22. The fourth-order valence-electron chi connectivity index (χ4n) is 1.57. The number of nitrogens with zero attached hydrogens (tertiary/aromatic N) is 1. The molecule has 1 aromatic rings. The average Bonchev–Trinajstić information content (AvgIpc) is 2.42. The molecule has 0 unspecified atom stereocenters. The number of amides is 1. The van der Waals surface area contributed by atoms with E-state index in [0.717, 1.165) is 13.0 Å². The van der Waals surface area contributed by atoms with Crippen molar-refractivity contribution in [2.24, 2.45) is 0 Å². The Morgan fingerprint density at radius 3 is 2.72 bits per heavy atom. The van der Waals surface area contributed by atoms with Crippen molar-refractivity contribution in [1.29, 1.82) is 0 Å². The molecule has 18 heavy (non-hydrogen) atoms. The zero-order valence-electron chi connectivity index (χ0n) is 11.2. The van der Waals surface area contributed by atoms with Crippen LogP contribution in [-0.2, 0) is 16.0 Å². The molecular formula is C14H22N2O2. The van der Waals surface area contributed by atoms with Gasteiger partial charge < -0.3 is 15.0 Å². The number of benzene rings is 1. The van der Waals surface area contributed by atoms with Gasteiger partial charge in [0.05, 0.1) is 13.2 Å². The number of methoxy groups -OCH3 is 1. The van der Waals surface area contributed by atoms with Crippen molar-refractivity contribution in [3.63, 3.8) is 0 Å². The van der Waals surface area contributed by atoms with Gasteiger partial charge in [-0.2, -0.15) is 0 Å². The van der Waals surface area contributed by atoms with Crippen molar-refractivity contribution < 1.29 is 9.53 Å². The SMILES string of the molecule is COCCNCC(=O)N(C)CCc1ccccc1. The Morgan fingerprint density at radius 1 is 1.33 bits per heavy atom. The lowest BCUT2D eigenvalue weighted by Gasteiger charge is -2.17. The van der Waals surface area contributed by atoms with Crippen molar-refractivity contribution in [3.05, 3.63) is 35.9 Å². The van der Waals surface area contributed by atoms with E-state index in [1.165, 1.54) is 5.56 Å². The molecule has 0 bridgehead atoms. The highest BCUT2D eigenvalue weighted by Crippen LogP contribution is 2.00. The Morgan fingerprint density at radius 2 is 2.06 bits per heavy atom. The summed E-state index contributed by atoms with van der Waals surface area (Å²) in [5.74, 6) is 0.113. The zero-order valence-corrected chi connectivity index (χ0v) is 11.2. The molecule has 100 valence electrons. The Bertz CT molecular complexity index is 341. The number of hydrogen-bond acceptors (Lipinski definition) is 3. The van der Waals surface area contributed by atoms with Gasteiger partial charge in [-0.25, -0.2) is 0 Å². The molecule has 0 aliphatic carbocycles. The van der Waals surface area contributed by atoms with E-state index in [2.05, 4.69) is 17.4 Å². The van der Waals surface area contributed by atoms with Gasteiger partial charge in [0.15, 0.2) is 0 Å². The quantitative estimate of drug-likeness (QED) is 0.698. The molecule has 0 saturated heterocycles. The molecular weight excluding hydrogens is 228 g/mol. The number of ether oxygens (including phenoxy) is 1. The first kappa shape index (κ1) is 14.7. The molecule has 4 heteroatoms. The van der Waals surface area contributed by atoms with Gasteiger partial charge in [-0.05, 0) is 12.0 Å². The Labute approximate surface area is 109 Å². The van der Waals surface area contributed by atoms with Crippen LogP contribution < -0.4 is 5.32 Å². The lowest BCUT2D eigenvalue weighted by atomic mass is 10.1. The fourth-order valence-corrected chi connectivity index (χ4v) is 1.57. The topological polar surface area (TPSA) is 41.6 Å². The predicted molar refractivity (Wildman–Crippen MR) is 72.5 cm³/mol. The summed E-state index contributed by atoms with van der Waals surface area (Å²) < 4.78 is 4.90. The van der Waals surface area contributed by atoms with Crippen LogP contribution in [0.5, 0.6) is 0 Å². The number of hydrogen-bond donors (Lipinski definition) is 1. The van der Waals surface area contributed by atoms with Crippen molar-refractivity contribution in [2.75, 3.05) is 40.4 Å². The van der Waals surface area contributed by atoms with Gasteiger partial charge in [0.2, 0.25) is 5.91 Å². The third-order valence-corrected chi connectivity index (χ3v) is 2.76. The molecule has 0 aliphatic heterocycles. The molecule has 4 nitrogen and oxygen atoms in total. The number of nitrogens with one attached hydrogen (secondary N) is 1. The minimum Gasteiger partial charge on any atom is -0.383 e. The van der Waals surface area contributed by atoms with E-state index >= 15 is 0 Å². The highest BCUT2D eigenvalue weighted by molar-refractivity contribution is 5.77. The van der Waals surface area contributed by atoms with Crippen LogP contribution in [0, 0.1) is 0 Å². The predicted octanol–water partition coefficient (Wildman–Crippen LogP) is 0.924. The van der Waals surface area contributed by atoms with Gasteiger partial charge in [0.1, 0.15) is 0 Å². The maximum atomic E-state index is 11.8. The van der Waals surface area contributed by atoms with Crippen LogP contribution in [0.25, 0.3) is 0 Å². The second-order valence-corrected chi connectivity index (χ2v) is 4.22. The number of carbonyl (C=O) groups excluding carboxylic acids is 1. The monoisotopic (exact) mass is 250 g/mol. The molecule has 1 rings (SSSR count). The van der Waals surface area contributed by atoms with Gasteiger partial charge in [0, 0.05) is 27.2 Å². The summed E-state index contributed by atoms with van der Waals surface area (Å²) in [6, 6.07) is 10.2. The third kappa shape index (κ3) is 5.80. The average molecular weight is 250 g/mol. The maximum absolute atomic E-state index is 11.8. The molecule has 0 heterocycles. The van der Waals surface area contributed by atoms with Gasteiger partial charge in [-0.1, -0.05) is 30.3 Å². The molecule has 0 saturated carbocycles. The summed E-state index contributed by atoms with van der Waals surface area (Å²) in [5.41, 5.74) is 1.25. The van der Waals surface area contributed by atoms with Gasteiger partial charge in [0.25, 0.3) is 0 Å². The largest absolute Gasteiger partial charge is 0.383 e. The highest BCUT2D eigenvalue weighted by Gasteiger charge is 2.07. The van der Waals surface area contributed by atoms with Crippen molar-refractivity contribution >= 4 is 5.91 Å². The van der Waals surface area contributed by atoms with Gasteiger partial charge in [-0.15, -0.1) is 0 Å². The molecule has 0 aliphatic rings. The molecule has 0 aromatic heterocycles. The van der Waals surface area contributed by atoms with Crippen molar-refractivity contribution in [2.45, 2.75) is 6.42 Å². The van der Waals surface area contributed by atoms with E-state index < -0.39 is 0 Å². The Kier molecular flexibility index (Phi) is 7.06. The van der Waals surface area contributed by atoms with Crippen LogP contribution in [0.4, 0.5) is 0 Å². The molecule has 0 atom stereocenters. The van der Waals surface area contributed by atoms with Crippen LogP contribution in [0.2, 0.25) is 0 Å². The first-order valence-corrected chi connectivity index (χ1v) is 6.21. The summed E-state index contributed by atoms with van der Waals surface area (Å²) in [6.07, 6.45) is 0.890. The van der Waals surface area contributed by atoms with Gasteiger partial charge in [-0.3, -0.25) is 4.79 Å². The van der Waals surface area contributed by atoms with Crippen LogP contribution in [0.1, 0.15) is 5.56 Å². The van der Waals surface area contributed by atoms with Crippen LogP contribution >= 0.6 is 0 Å². The van der Waals surface area contributed by atoms with E-state index in [4.69, 9.17) is 4.74 Å². The van der Waals surface area contributed by atoms with Crippen molar-refractivity contribution in [3.8, 4) is 0 Å². The standard InChI is InChI=1S/C14H22N2O2/c1-16(14(17)12-15-9-11-18-2)10-8-13-6-4-3-5-7-13/h3-7,15H,8-12H2,1-2H3. The lowest BCUT2D eigenvalue weighted by Crippen LogP contribution is -2.37. The number of likely N-dealkylation sites (N-methyl/N-ethyl adjacent to an activating group) is 1. The van der Waals surface area contributed by atoms with Crippen molar-refractivity contribution in [1.82, 2.24) is 10.2 Å². The van der Waals surface area contributed by atoms with Crippen LogP contribution in [0.15, 0.2) is 30.3 Å². The lowest BCUT2D eigenvalue weighted by molar-refractivity contribution is -0.128. The Balaban J connectivity index is 2.19. The molecule has 0 radical (unpaired) electrons. The second kappa shape index (κ2) is 8.66.